The van der Waals surface area contributed by atoms with Crippen molar-refractivity contribution >= 4 is 17.6 Å². The number of hydrogen-bond donors (Lipinski definition) is 1. The van der Waals surface area contributed by atoms with Gasteiger partial charge in [-0.15, -0.1) is 0 Å². The molecule has 100 valence electrons. The SMILES string of the molecule is CCC(N)C(CC(=O)OC)c1ccc(Cl)cc1C. The van der Waals surface area contributed by atoms with Gasteiger partial charge in [0.05, 0.1) is 13.5 Å². The van der Waals surface area contributed by atoms with Gasteiger partial charge in [-0.2, -0.15) is 0 Å². The number of halogens is 1. The van der Waals surface area contributed by atoms with Crippen molar-refractivity contribution < 1.29 is 9.53 Å². The molecule has 2 atom stereocenters. The third kappa shape index (κ3) is 3.72. The van der Waals surface area contributed by atoms with Crippen LogP contribution in [0.3, 0.4) is 0 Å². The van der Waals surface area contributed by atoms with Gasteiger partial charge in [0.1, 0.15) is 0 Å². The molecule has 0 saturated carbocycles. The molecule has 0 aliphatic heterocycles. The minimum atomic E-state index is -0.238. The van der Waals surface area contributed by atoms with Gasteiger partial charge in [-0.1, -0.05) is 24.6 Å². The zero-order valence-corrected chi connectivity index (χ0v) is 11.8. The largest absolute Gasteiger partial charge is 0.469 e. The van der Waals surface area contributed by atoms with Crippen LogP contribution >= 0.6 is 11.6 Å². The second-order valence-electron chi connectivity index (χ2n) is 4.46. The number of ether oxygens (including phenoxy) is 1. The normalized spacial score (nSPS) is 14.1. The Balaban J connectivity index is 3.05. The van der Waals surface area contributed by atoms with Gasteiger partial charge in [0, 0.05) is 17.0 Å². The number of rotatable bonds is 5. The summed E-state index contributed by atoms with van der Waals surface area (Å²) in [5, 5.41) is 0.693. The first-order chi connectivity index (χ1) is 8.49. The molecule has 2 N–H and O–H groups in total. The van der Waals surface area contributed by atoms with E-state index in [1.165, 1.54) is 7.11 Å². The number of esters is 1. The summed E-state index contributed by atoms with van der Waals surface area (Å²) in [6.07, 6.45) is 1.11. The molecular weight excluding hydrogens is 250 g/mol. The van der Waals surface area contributed by atoms with Gasteiger partial charge in [0.2, 0.25) is 0 Å². The second kappa shape index (κ2) is 6.76. The van der Waals surface area contributed by atoms with Gasteiger partial charge in [-0.25, -0.2) is 0 Å². The summed E-state index contributed by atoms with van der Waals surface area (Å²) in [6, 6.07) is 5.60. The minimum Gasteiger partial charge on any atom is -0.469 e. The highest BCUT2D eigenvalue weighted by Crippen LogP contribution is 2.29. The predicted octanol–water partition coefficient (Wildman–Crippen LogP) is 3.03. The first kappa shape index (κ1) is 15.0. The van der Waals surface area contributed by atoms with Crippen molar-refractivity contribution in [2.45, 2.75) is 38.6 Å². The molecule has 0 spiro atoms. The molecular formula is C14H20ClNO2. The number of benzene rings is 1. The van der Waals surface area contributed by atoms with Crippen LogP contribution in [0.15, 0.2) is 18.2 Å². The lowest BCUT2D eigenvalue weighted by Gasteiger charge is -2.24. The molecule has 18 heavy (non-hydrogen) atoms. The number of hydrogen-bond acceptors (Lipinski definition) is 3. The van der Waals surface area contributed by atoms with Crippen molar-refractivity contribution in [3.8, 4) is 0 Å². The van der Waals surface area contributed by atoms with Crippen molar-refractivity contribution in [2.75, 3.05) is 7.11 Å². The Morgan fingerprint density at radius 2 is 2.17 bits per heavy atom. The first-order valence-electron chi connectivity index (χ1n) is 6.08. The molecule has 0 amide bonds. The van der Waals surface area contributed by atoms with Crippen molar-refractivity contribution in [2.24, 2.45) is 5.73 Å². The van der Waals surface area contributed by atoms with Crippen LogP contribution < -0.4 is 5.73 Å². The number of carbonyl (C=O) groups is 1. The molecule has 3 nitrogen and oxygen atoms in total. The predicted molar refractivity (Wildman–Crippen MR) is 73.8 cm³/mol. The van der Waals surface area contributed by atoms with Crippen LogP contribution in [-0.2, 0) is 9.53 Å². The van der Waals surface area contributed by atoms with Crippen LogP contribution in [0.1, 0.15) is 36.8 Å². The van der Waals surface area contributed by atoms with E-state index in [9.17, 15) is 4.79 Å². The average Bonchev–Trinajstić information content (AvgIpc) is 2.35. The molecule has 0 aromatic heterocycles. The Bertz CT molecular complexity index is 420. The van der Waals surface area contributed by atoms with E-state index in [2.05, 4.69) is 0 Å². The quantitative estimate of drug-likeness (QED) is 0.836. The zero-order chi connectivity index (χ0) is 13.7. The monoisotopic (exact) mass is 269 g/mol. The molecule has 0 bridgehead atoms. The molecule has 4 heteroatoms. The highest BCUT2D eigenvalue weighted by Gasteiger charge is 2.23. The summed E-state index contributed by atoms with van der Waals surface area (Å²) in [6.45, 7) is 3.99. The van der Waals surface area contributed by atoms with Gasteiger partial charge < -0.3 is 10.5 Å². The van der Waals surface area contributed by atoms with Gasteiger partial charge in [-0.05, 0) is 36.6 Å². The molecule has 1 aromatic rings. The van der Waals surface area contributed by atoms with Gasteiger partial charge in [0.25, 0.3) is 0 Å². The maximum absolute atomic E-state index is 11.5. The lowest BCUT2D eigenvalue weighted by Crippen LogP contribution is -2.30. The van der Waals surface area contributed by atoms with E-state index in [0.717, 1.165) is 17.5 Å². The summed E-state index contributed by atoms with van der Waals surface area (Å²) in [5.41, 5.74) is 8.24. The number of carbonyl (C=O) groups excluding carboxylic acids is 1. The molecule has 0 aliphatic carbocycles. The van der Waals surface area contributed by atoms with Crippen LogP contribution in [-0.4, -0.2) is 19.1 Å². The van der Waals surface area contributed by atoms with Crippen molar-refractivity contribution in [1.29, 1.82) is 0 Å². The highest BCUT2D eigenvalue weighted by molar-refractivity contribution is 6.30. The van der Waals surface area contributed by atoms with Gasteiger partial charge in [0.15, 0.2) is 0 Å². The lowest BCUT2D eigenvalue weighted by molar-refractivity contribution is -0.141. The van der Waals surface area contributed by atoms with Crippen molar-refractivity contribution in [1.82, 2.24) is 0 Å². The Kier molecular flexibility index (Phi) is 5.63. The average molecular weight is 270 g/mol. The fourth-order valence-electron chi connectivity index (χ4n) is 2.09. The summed E-state index contributed by atoms with van der Waals surface area (Å²) in [4.78, 5) is 11.5. The zero-order valence-electron chi connectivity index (χ0n) is 11.1. The van der Waals surface area contributed by atoms with E-state index in [1.54, 1.807) is 0 Å². The molecule has 0 aliphatic rings. The van der Waals surface area contributed by atoms with Crippen molar-refractivity contribution in [3.05, 3.63) is 34.3 Å². The van der Waals surface area contributed by atoms with Crippen LogP contribution in [0.4, 0.5) is 0 Å². The molecule has 0 radical (unpaired) electrons. The van der Waals surface area contributed by atoms with Gasteiger partial charge >= 0.3 is 5.97 Å². The van der Waals surface area contributed by atoms with Crippen LogP contribution in [0.5, 0.6) is 0 Å². The molecule has 1 rings (SSSR count). The van der Waals surface area contributed by atoms with E-state index in [0.29, 0.717) is 11.4 Å². The van der Waals surface area contributed by atoms with Crippen LogP contribution in [0.25, 0.3) is 0 Å². The standard InChI is InChI=1S/C14H20ClNO2/c1-4-13(16)12(8-14(17)18-3)11-6-5-10(15)7-9(11)2/h5-7,12-13H,4,8,16H2,1-3H3. The molecule has 0 saturated heterocycles. The minimum absolute atomic E-state index is 0.0280. The fraction of sp³-hybridized carbons (Fsp3) is 0.500. The van der Waals surface area contributed by atoms with E-state index in [1.807, 2.05) is 32.0 Å². The second-order valence-corrected chi connectivity index (χ2v) is 4.90. The summed E-state index contributed by atoms with van der Waals surface area (Å²) < 4.78 is 4.74. The van der Waals surface area contributed by atoms with E-state index in [4.69, 9.17) is 22.1 Å². The van der Waals surface area contributed by atoms with E-state index >= 15 is 0 Å². The Hall–Kier alpha value is -1.06. The summed E-state index contributed by atoms with van der Waals surface area (Å²) >= 11 is 5.95. The fourth-order valence-corrected chi connectivity index (χ4v) is 2.32. The van der Waals surface area contributed by atoms with Crippen LogP contribution in [0.2, 0.25) is 5.02 Å². The molecule has 0 fully saturated rings. The van der Waals surface area contributed by atoms with Crippen molar-refractivity contribution in [3.63, 3.8) is 0 Å². The maximum Gasteiger partial charge on any atom is 0.306 e. The molecule has 1 aromatic carbocycles. The summed E-state index contributed by atoms with van der Waals surface area (Å²) in [7, 11) is 1.39. The number of aryl methyl sites for hydroxylation is 1. The number of methoxy groups -OCH3 is 1. The summed E-state index contributed by atoms with van der Waals surface area (Å²) in [5.74, 6) is -0.266. The first-order valence-corrected chi connectivity index (χ1v) is 6.45. The smallest absolute Gasteiger partial charge is 0.306 e. The Morgan fingerprint density at radius 1 is 1.50 bits per heavy atom. The van der Waals surface area contributed by atoms with Crippen LogP contribution in [0, 0.1) is 6.92 Å². The topological polar surface area (TPSA) is 52.3 Å². The molecule has 0 heterocycles. The Morgan fingerprint density at radius 3 is 2.67 bits per heavy atom. The third-order valence-corrected chi connectivity index (χ3v) is 3.47. The lowest BCUT2D eigenvalue weighted by atomic mass is 9.85. The third-order valence-electron chi connectivity index (χ3n) is 3.23. The maximum atomic E-state index is 11.5. The molecule has 2 unspecified atom stereocenters. The number of nitrogens with two attached hydrogens (primary N) is 1. The van der Waals surface area contributed by atoms with E-state index < -0.39 is 0 Å². The highest BCUT2D eigenvalue weighted by atomic mass is 35.5. The Labute approximate surface area is 113 Å². The van der Waals surface area contributed by atoms with Gasteiger partial charge in [-0.3, -0.25) is 4.79 Å². The van der Waals surface area contributed by atoms with E-state index in [-0.39, 0.29) is 17.9 Å².